The van der Waals surface area contributed by atoms with Crippen LogP contribution >= 0.6 is 31.9 Å². The maximum atomic E-state index is 12.4. The molecule has 0 aliphatic carbocycles. The van der Waals surface area contributed by atoms with Gasteiger partial charge in [-0.3, -0.25) is 14.9 Å². The minimum Gasteiger partial charge on any atom is -0.502 e. The Balaban J connectivity index is 2.28. The number of hydrogen-bond donors (Lipinski definition) is 1. The first-order chi connectivity index (χ1) is 10.9. The summed E-state index contributed by atoms with van der Waals surface area (Å²) in [6, 6.07) is 8.65. The Morgan fingerprint density at radius 2 is 1.78 bits per heavy atom. The molecule has 0 unspecified atom stereocenters. The number of nitro benzene ring substituents is 1. The lowest BCUT2D eigenvalue weighted by Crippen LogP contribution is -2.03. The van der Waals surface area contributed by atoms with Gasteiger partial charge in [0.1, 0.15) is 5.58 Å². The van der Waals surface area contributed by atoms with Gasteiger partial charge in [0.25, 0.3) is 5.69 Å². The predicted molar refractivity (Wildman–Crippen MR) is 91.6 cm³/mol. The van der Waals surface area contributed by atoms with E-state index in [2.05, 4.69) is 31.9 Å². The predicted octanol–water partition coefficient (Wildman–Crippen LogP) is 4.60. The lowest BCUT2D eigenvalue weighted by molar-refractivity contribution is -0.384. The van der Waals surface area contributed by atoms with Crippen molar-refractivity contribution >= 4 is 48.5 Å². The molecule has 3 rings (SSSR count). The summed E-state index contributed by atoms with van der Waals surface area (Å²) in [4.78, 5) is 22.5. The molecule has 1 aromatic heterocycles. The van der Waals surface area contributed by atoms with Crippen LogP contribution in [-0.4, -0.2) is 10.0 Å². The monoisotopic (exact) mass is 439 g/mol. The fourth-order valence-electron chi connectivity index (χ4n) is 2.16. The summed E-state index contributed by atoms with van der Waals surface area (Å²) >= 11 is 6.57. The van der Waals surface area contributed by atoms with Crippen LogP contribution in [-0.2, 0) is 0 Å². The summed E-state index contributed by atoms with van der Waals surface area (Å²) < 4.78 is 6.82. The van der Waals surface area contributed by atoms with E-state index in [1.54, 1.807) is 12.1 Å². The highest BCUT2D eigenvalue weighted by Gasteiger charge is 2.18. The molecule has 0 saturated carbocycles. The number of aromatic hydroxyl groups is 1. The molecule has 0 fully saturated rings. The van der Waals surface area contributed by atoms with E-state index in [1.165, 1.54) is 24.3 Å². The molecule has 0 radical (unpaired) electrons. The van der Waals surface area contributed by atoms with E-state index in [-0.39, 0.29) is 22.4 Å². The van der Waals surface area contributed by atoms with Gasteiger partial charge in [-0.05, 0) is 40.2 Å². The van der Waals surface area contributed by atoms with Crippen LogP contribution in [0, 0.1) is 10.1 Å². The van der Waals surface area contributed by atoms with Crippen molar-refractivity contribution in [2.45, 2.75) is 0 Å². The average molecular weight is 441 g/mol. The number of fused-ring (bicyclic) bond motifs is 1. The van der Waals surface area contributed by atoms with Gasteiger partial charge in [0.2, 0.25) is 11.2 Å². The molecule has 0 spiro atoms. The summed E-state index contributed by atoms with van der Waals surface area (Å²) in [6.07, 6.45) is 0. The van der Waals surface area contributed by atoms with Crippen LogP contribution in [0.1, 0.15) is 0 Å². The maximum Gasteiger partial charge on any atom is 0.269 e. The van der Waals surface area contributed by atoms with Crippen molar-refractivity contribution in [3.8, 4) is 17.1 Å². The SMILES string of the molecule is O=c1c(O)c(-c2ccc([N+](=O)[O-])cc2)oc2cc(Br)cc(Br)c12. The van der Waals surface area contributed by atoms with Crippen molar-refractivity contribution in [1.29, 1.82) is 0 Å². The van der Waals surface area contributed by atoms with E-state index >= 15 is 0 Å². The molecule has 116 valence electrons. The summed E-state index contributed by atoms with van der Waals surface area (Å²) in [5.74, 6) is -0.586. The molecule has 3 aromatic rings. The molecule has 0 aliphatic rings. The quantitative estimate of drug-likeness (QED) is 0.464. The summed E-state index contributed by atoms with van der Waals surface area (Å²) in [5, 5.41) is 21.1. The highest BCUT2D eigenvalue weighted by atomic mass is 79.9. The van der Waals surface area contributed by atoms with Gasteiger partial charge in [0.05, 0.1) is 10.3 Å². The van der Waals surface area contributed by atoms with E-state index in [0.29, 0.717) is 14.5 Å². The highest BCUT2D eigenvalue weighted by molar-refractivity contribution is 9.11. The third-order valence-electron chi connectivity index (χ3n) is 3.23. The van der Waals surface area contributed by atoms with Gasteiger partial charge in [0, 0.05) is 26.6 Å². The van der Waals surface area contributed by atoms with Gasteiger partial charge in [0.15, 0.2) is 5.76 Å². The topological polar surface area (TPSA) is 93.6 Å². The second kappa shape index (κ2) is 5.78. The minimum absolute atomic E-state index is 0.0394. The van der Waals surface area contributed by atoms with Crippen LogP contribution in [0.2, 0.25) is 0 Å². The van der Waals surface area contributed by atoms with Crippen LogP contribution in [0.25, 0.3) is 22.3 Å². The number of halogens is 2. The highest BCUT2D eigenvalue weighted by Crippen LogP contribution is 2.34. The van der Waals surface area contributed by atoms with Crippen molar-refractivity contribution in [1.82, 2.24) is 0 Å². The number of nitrogens with zero attached hydrogens (tertiary/aromatic N) is 1. The van der Waals surface area contributed by atoms with Gasteiger partial charge >= 0.3 is 0 Å². The molecule has 0 saturated heterocycles. The normalized spacial score (nSPS) is 10.9. The van der Waals surface area contributed by atoms with Gasteiger partial charge in [-0.2, -0.15) is 0 Å². The molecule has 1 heterocycles. The van der Waals surface area contributed by atoms with Crippen molar-refractivity contribution in [2.24, 2.45) is 0 Å². The summed E-state index contributed by atoms with van der Waals surface area (Å²) in [6.45, 7) is 0. The number of benzene rings is 2. The second-order valence-corrected chi connectivity index (χ2v) is 6.44. The zero-order valence-electron chi connectivity index (χ0n) is 11.2. The van der Waals surface area contributed by atoms with Gasteiger partial charge in [-0.25, -0.2) is 0 Å². The zero-order chi connectivity index (χ0) is 16.7. The lowest BCUT2D eigenvalue weighted by atomic mass is 10.1. The van der Waals surface area contributed by atoms with Crippen LogP contribution in [0.3, 0.4) is 0 Å². The van der Waals surface area contributed by atoms with Crippen molar-refractivity contribution in [3.63, 3.8) is 0 Å². The Morgan fingerprint density at radius 3 is 2.39 bits per heavy atom. The fourth-order valence-corrected chi connectivity index (χ4v) is 3.53. The Hall–Kier alpha value is -2.19. The first-order valence-electron chi connectivity index (χ1n) is 6.28. The van der Waals surface area contributed by atoms with E-state index in [0.717, 1.165) is 0 Å². The number of rotatable bonds is 2. The molecule has 2 aromatic carbocycles. The molecule has 23 heavy (non-hydrogen) atoms. The third-order valence-corrected chi connectivity index (χ3v) is 4.31. The molecule has 0 atom stereocenters. The maximum absolute atomic E-state index is 12.4. The molecule has 6 nitrogen and oxygen atoms in total. The molecular weight excluding hydrogens is 434 g/mol. The summed E-state index contributed by atoms with van der Waals surface area (Å²) in [7, 11) is 0. The second-order valence-electron chi connectivity index (χ2n) is 4.67. The Kier molecular flexibility index (Phi) is 3.95. The van der Waals surface area contributed by atoms with Crippen molar-refractivity contribution in [2.75, 3.05) is 0 Å². The molecule has 1 N–H and O–H groups in total. The van der Waals surface area contributed by atoms with E-state index in [1.807, 2.05) is 0 Å². The van der Waals surface area contributed by atoms with Crippen LogP contribution in [0.15, 0.2) is 54.6 Å². The first kappa shape index (κ1) is 15.7. The molecule has 0 aliphatic heterocycles. The molecular formula is C15H7Br2NO5. The smallest absolute Gasteiger partial charge is 0.269 e. The lowest BCUT2D eigenvalue weighted by Gasteiger charge is -2.07. The minimum atomic E-state index is -0.584. The van der Waals surface area contributed by atoms with Gasteiger partial charge < -0.3 is 9.52 Å². The van der Waals surface area contributed by atoms with Crippen molar-refractivity contribution in [3.05, 3.63) is 65.7 Å². The van der Waals surface area contributed by atoms with Crippen LogP contribution in [0.4, 0.5) is 5.69 Å². The number of non-ortho nitro benzene ring substituents is 1. The van der Waals surface area contributed by atoms with Crippen molar-refractivity contribution < 1.29 is 14.4 Å². The molecule has 0 bridgehead atoms. The number of hydrogen-bond acceptors (Lipinski definition) is 5. The first-order valence-corrected chi connectivity index (χ1v) is 7.86. The standard InChI is InChI=1S/C15H7Br2NO5/c16-8-5-10(17)12-11(6-8)23-15(14(20)13(12)19)7-1-3-9(4-2-7)18(21)22/h1-6,20H. The molecule has 8 heteroatoms. The molecule has 0 amide bonds. The average Bonchev–Trinajstić information content (AvgIpc) is 2.50. The fraction of sp³-hybridized carbons (Fsp3) is 0. The zero-order valence-corrected chi connectivity index (χ0v) is 14.4. The number of nitro groups is 1. The Bertz CT molecular complexity index is 995. The Labute approximate surface area is 145 Å². The van der Waals surface area contributed by atoms with E-state index < -0.39 is 16.1 Å². The van der Waals surface area contributed by atoms with Crippen LogP contribution in [0.5, 0.6) is 5.75 Å². The van der Waals surface area contributed by atoms with Crippen LogP contribution < -0.4 is 5.43 Å². The largest absolute Gasteiger partial charge is 0.502 e. The summed E-state index contributed by atoms with van der Waals surface area (Å²) in [5.41, 5.74) is -0.0357. The van der Waals surface area contributed by atoms with Gasteiger partial charge in [-0.15, -0.1) is 0 Å². The van der Waals surface area contributed by atoms with Gasteiger partial charge in [-0.1, -0.05) is 15.9 Å². The van der Waals surface area contributed by atoms with E-state index in [9.17, 15) is 20.0 Å². The van der Waals surface area contributed by atoms with E-state index in [4.69, 9.17) is 4.42 Å². The Morgan fingerprint density at radius 1 is 1.13 bits per heavy atom. The third kappa shape index (κ3) is 2.75.